The molecule has 0 aromatic rings. The molecule has 2 nitrogen and oxygen atoms in total. The van der Waals surface area contributed by atoms with Crippen LogP contribution in [0, 0.1) is 5.41 Å². The Hall–Kier alpha value is -0.0800. The zero-order chi connectivity index (χ0) is 9.31. The molecule has 2 heteroatoms. The van der Waals surface area contributed by atoms with Gasteiger partial charge in [0.2, 0.25) is 0 Å². The molecule has 1 spiro atoms. The van der Waals surface area contributed by atoms with Gasteiger partial charge in [-0.1, -0.05) is 0 Å². The third kappa shape index (κ3) is 1.64. The van der Waals surface area contributed by atoms with Crippen molar-refractivity contribution < 1.29 is 1.41 Å². The highest BCUT2D eigenvalue weighted by Crippen LogP contribution is 2.38. The summed E-state index contributed by atoms with van der Waals surface area (Å²) in [5.41, 5.74) is 0.615. The van der Waals surface area contributed by atoms with E-state index in [0.29, 0.717) is 5.41 Å². The molecule has 70 valence electrons. The highest BCUT2D eigenvalue weighted by molar-refractivity contribution is 4.88. The molecule has 0 aliphatic carbocycles. The number of piperidine rings is 2. The van der Waals surface area contributed by atoms with E-state index >= 15 is 0 Å². The number of hydrogen-bond acceptors (Lipinski definition) is 2. The second kappa shape index (κ2) is 3.35. The standard InChI is InChI=1S/C10H20N2/c1-12-8-4-10(5-9-12)2-6-11-7-3-10/h11H,2-9H2,1H3/i/hD. The van der Waals surface area contributed by atoms with Gasteiger partial charge in [-0.25, -0.2) is 0 Å². The third-order valence-electron chi connectivity index (χ3n) is 3.65. The Bertz CT molecular complexity index is 144. The van der Waals surface area contributed by atoms with Crippen molar-refractivity contribution in [1.82, 2.24) is 10.2 Å². The van der Waals surface area contributed by atoms with Crippen LogP contribution in [0.5, 0.6) is 0 Å². The molecule has 2 heterocycles. The van der Waals surface area contributed by atoms with Gasteiger partial charge in [0.05, 0.1) is 0 Å². The lowest BCUT2D eigenvalue weighted by molar-refractivity contribution is 0.0876. The first-order valence-electron chi connectivity index (χ1n) is 5.57. The van der Waals surface area contributed by atoms with Gasteiger partial charge in [0.15, 0.2) is 0 Å². The number of rotatable bonds is 0. The summed E-state index contributed by atoms with van der Waals surface area (Å²) in [6.07, 6.45) is 5.23. The number of nitrogens with zero attached hydrogens (tertiary/aromatic N) is 1. The van der Waals surface area contributed by atoms with Crippen LogP contribution in [-0.4, -0.2) is 38.1 Å². The van der Waals surface area contributed by atoms with Crippen molar-refractivity contribution in [3.05, 3.63) is 0 Å². The summed E-state index contributed by atoms with van der Waals surface area (Å²) >= 11 is 0. The Morgan fingerprint density at radius 2 is 1.75 bits per heavy atom. The van der Waals surface area contributed by atoms with Gasteiger partial charge in [-0.05, 0) is 64.3 Å². The van der Waals surface area contributed by atoms with E-state index < -0.39 is 0 Å². The number of hydrogen-bond donors (Lipinski definition) is 1. The Morgan fingerprint density at radius 3 is 2.33 bits per heavy atom. The molecule has 1 N–H and O–H groups in total. The molecule has 0 bridgehead atoms. The van der Waals surface area contributed by atoms with Gasteiger partial charge in [-0.15, -0.1) is 0 Å². The maximum absolute atomic E-state index is 7.54. The number of likely N-dealkylation sites (tertiary alicyclic amines) is 1. The normalized spacial score (nSPS) is 33.6. The summed E-state index contributed by atoms with van der Waals surface area (Å²) in [6, 6.07) is 0. The van der Waals surface area contributed by atoms with E-state index in [9.17, 15) is 0 Å². The van der Waals surface area contributed by atoms with Gasteiger partial charge >= 0.3 is 0 Å². The first-order valence-corrected chi connectivity index (χ1v) is 5.13. The summed E-state index contributed by atoms with van der Waals surface area (Å²) in [7, 11) is 2.21. The number of nitrogens with one attached hydrogen (secondary N) is 1. The van der Waals surface area contributed by atoms with Crippen molar-refractivity contribution in [3.8, 4) is 0 Å². The maximum Gasteiger partial charge on any atom is 0.122 e. The molecule has 12 heavy (non-hydrogen) atoms. The van der Waals surface area contributed by atoms with Crippen LogP contribution in [0.3, 0.4) is 0 Å². The predicted molar refractivity (Wildman–Crippen MR) is 51.3 cm³/mol. The molecule has 0 aromatic carbocycles. The zero-order valence-electron chi connectivity index (χ0n) is 9.05. The average Bonchev–Trinajstić information content (AvgIpc) is 2.16. The predicted octanol–water partition coefficient (Wildman–Crippen LogP) is 1.08. The molecule has 0 aromatic heterocycles. The summed E-state index contributed by atoms with van der Waals surface area (Å²) in [5, 5.41) is 1.73. The second-order valence-corrected chi connectivity index (χ2v) is 4.47. The van der Waals surface area contributed by atoms with Crippen LogP contribution in [0.4, 0.5) is 0 Å². The van der Waals surface area contributed by atoms with Crippen LogP contribution in [-0.2, 0) is 0 Å². The molecule has 0 saturated carbocycles. The minimum absolute atomic E-state index is 0.615. The molecule has 0 atom stereocenters. The molecule has 2 rings (SSSR count). The molecule has 2 aliphatic heterocycles. The van der Waals surface area contributed by atoms with Gasteiger partial charge in [-0.2, -0.15) is 0 Å². The molecular weight excluding hydrogens is 148 g/mol. The highest BCUT2D eigenvalue weighted by atomic mass is 15.1. The van der Waals surface area contributed by atoms with E-state index in [0.717, 1.165) is 13.1 Å². The topological polar surface area (TPSA) is 15.3 Å². The van der Waals surface area contributed by atoms with Crippen LogP contribution >= 0.6 is 0 Å². The van der Waals surface area contributed by atoms with E-state index in [1.54, 1.807) is 5.31 Å². The lowest BCUT2D eigenvalue weighted by atomic mass is 9.72. The van der Waals surface area contributed by atoms with Crippen molar-refractivity contribution >= 4 is 0 Å². The van der Waals surface area contributed by atoms with Gasteiger partial charge in [0.25, 0.3) is 0 Å². The highest BCUT2D eigenvalue weighted by Gasteiger charge is 2.34. The Kier molecular flexibility index (Phi) is 2.05. The lowest BCUT2D eigenvalue weighted by Gasteiger charge is -2.43. The molecule has 2 saturated heterocycles. The van der Waals surface area contributed by atoms with Crippen LogP contribution < -0.4 is 5.31 Å². The summed E-state index contributed by atoms with van der Waals surface area (Å²) < 4.78 is 7.54. The molecule has 0 amide bonds. The van der Waals surface area contributed by atoms with Crippen molar-refractivity contribution in [2.45, 2.75) is 25.7 Å². The molecular formula is C10H20N2. The smallest absolute Gasteiger partial charge is 0.122 e. The van der Waals surface area contributed by atoms with E-state index in [-0.39, 0.29) is 0 Å². The largest absolute Gasteiger partial charge is 0.317 e. The van der Waals surface area contributed by atoms with Gasteiger partial charge < -0.3 is 10.2 Å². The van der Waals surface area contributed by atoms with Crippen LogP contribution in [0.15, 0.2) is 0 Å². The van der Waals surface area contributed by atoms with Crippen molar-refractivity contribution in [2.75, 3.05) is 33.2 Å². The Balaban J connectivity index is 1.90. The van der Waals surface area contributed by atoms with Gasteiger partial charge in [0, 0.05) is 0 Å². The van der Waals surface area contributed by atoms with Crippen LogP contribution in [0.25, 0.3) is 0 Å². The van der Waals surface area contributed by atoms with Crippen LogP contribution in [0.2, 0.25) is 1.41 Å². The molecule has 0 unspecified atom stereocenters. The zero-order valence-corrected chi connectivity index (χ0v) is 8.05. The maximum atomic E-state index is 7.54. The monoisotopic (exact) mass is 169 g/mol. The first-order chi connectivity index (χ1) is 6.20. The van der Waals surface area contributed by atoms with E-state index in [2.05, 4.69) is 11.9 Å². The average molecular weight is 169 g/mol. The molecule has 0 radical (unpaired) electrons. The summed E-state index contributed by atoms with van der Waals surface area (Å²) in [4.78, 5) is 2.43. The van der Waals surface area contributed by atoms with Gasteiger partial charge in [0.1, 0.15) is 1.41 Å². The fourth-order valence-electron chi connectivity index (χ4n) is 2.46. The van der Waals surface area contributed by atoms with E-state index in [1.807, 2.05) is 0 Å². The van der Waals surface area contributed by atoms with E-state index in [1.165, 1.54) is 38.8 Å². The van der Waals surface area contributed by atoms with Crippen molar-refractivity contribution in [2.24, 2.45) is 5.41 Å². The second-order valence-electron chi connectivity index (χ2n) is 4.47. The lowest BCUT2D eigenvalue weighted by Crippen LogP contribution is -2.44. The molecule has 2 aliphatic rings. The first kappa shape index (κ1) is 7.34. The van der Waals surface area contributed by atoms with Crippen molar-refractivity contribution in [1.29, 1.82) is 0 Å². The Labute approximate surface area is 76.8 Å². The quantitative estimate of drug-likeness (QED) is 0.584. The summed E-state index contributed by atoms with van der Waals surface area (Å²) in [5.74, 6) is 0. The summed E-state index contributed by atoms with van der Waals surface area (Å²) in [6.45, 7) is 4.50. The Morgan fingerprint density at radius 1 is 1.17 bits per heavy atom. The minimum Gasteiger partial charge on any atom is -0.317 e. The van der Waals surface area contributed by atoms with Gasteiger partial charge in [-0.3, -0.25) is 0 Å². The van der Waals surface area contributed by atoms with Crippen molar-refractivity contribution in [3.63, 3.8) is 0 Å². The van der Waals surface area contributed by atoms with Crippen LogP contribution in [0.1, 0.15) is 25.7 Å². The molecule has 2 fully saturated rings. The SMILES string of the molecule is [2H]N1CCC2(CC1)CCN(C)CC2. The minimum atomic E-state index is 0.615. The third-order valence-corrected chi connectivity index (χ3v) is 3.65. The fraction of sp³-hybridized carbons (Fsp3) is 1.00. The fourth-order valence-corrected chi connectivity index (χ4v) is 2.46. The van der Waals surface area contributed by atoms with E-state index in [4.69, 9.17) is 1.41 Å².